The van der Waals surface area contributed by atoms with E-state index >= 15 is 0 Å². The van der Waals surface area contributed by atoms with Gasteiger partial charge in [0.1, 0.15) is 11.3 Å². The first-order valence-electron chi connectivity index (χ1n) is 11.2. The Labute approximate surface area is 188 Å². The number of rotatable bonds is 5. The molecule has 168 valence electrons. The molecule has 1 aliphatic heterocycles. The van der Waals surface area contributed by atoms with Crippen LogP contribution in [0.5, 0.6) is 5.75 Å². The van der Waals surface area contributed by atoms with Gasteiger partial charge in [0.15, 0.2) is 0 Å². The Hall–Kier alpha value is -3.35. The van der Waals surface area contributed by atoms with E-state index in [4.69, 9.17) is 4.74 Å². The number of hydrogen-bond donors (Lipinski definition) is 1. The van der Waals surface area contributed by atoms with Crippen molar-refractivity contribution in [2.45, 2.75) is 58.9 Å². The van der Waals surface area contributed by atoms with Crippen LogP contribution in [0, 0.1) is 13.8 Å². The molecule has 0 atom stereocenters. The van der Waals surface area contributed by atoms with E-state index in [0.29, 0.717) is 6.61 Å². The molecule has 1 aliphatic carbocycles. The zero-order chi connectivity index (χ0) is 22.8. The monoisotopic (exact) mass is 435 g/mol. The van der Waals surface area contributed by atoms with E-state index in [0.717, 1.165) is 60.5 Å². The Morgan fingerprint density at radius 2 is 1.75 bits per heavy atom. The van der Waals surface area contributed by atoms with Gasteiger partial charge in [0.2, 0.25) is 0 Å². The van der Waals surface area contributed by atoms with E-state index in [1.807, 2.05) is 51.1 Å². The van der Waals surface area contributed by atoms with Crippen molar-refractivity contribution in [3.8, 4) is 11.4 Å². The molecule has 0 radical (unpaired) electrons. The number of carbonyl (C=O) groups excluding carboxylic acids is 3. The van der Waals surface area contributed by atoms with Crippen LogP contribution in [0.2, 0.25) is 0 Å². The average molecular weight is 436 g/mol. The summed E-state index contributed by atoms with van der Waals surface area (Å²) in [4.78, 5) is 39.4. The van der Waals surface area contributed by atoms with Crippen molar-refractivity contribution in [3.63, 3.8) is 0 Å². The highest BCUT2D eigenvalue weighted by molar-refractivity contribution is 6.31. The molecule has 2 fully saturated rings. The standard InChI is InChI=1S/C25H29N3O4/c1-4-32-21-12-10-20(11-13-21)27-16(2)14-18(17(27)3)15-22-23(29)26-25(31)28(24(22)30)19-8-6-5-7-9-19/h10-15,19H,4-9H2,1-3H3,(H,26,29,31)/b22-15-. The van der Waals surface area contributed by atoms with Crippen LogP contribution in [0.15, 0.2) is 35.9 Å². The molecule has 1 saturated heterocycles. The van der Waals surface area contributed by atoms with Crippen LogP contribution in [0.25, 0.3) is 11.8 Å². The Balaban J connectivity index is 1.66. The molecule has 1 N–H and O–H groups in total. The molecule has 4 rings (SSSR count). The summed E-state index contributed by atoms with van der Waals surface area (Å²) in [6.45, 7) is 6.48. The van der Waals surface area contributed by atoms with Gasteiger partial charge in [0, 0.05) is 23.1 Å². The van der Waals surface area contributed by atoms with Gasteiger partial charge in [-0.2, -0.15) is 0 Å². The van der Waals surface area contributed by atoms with Crippen molar-refractivity contribution < 1.29 is 19.1 Å². The third-order valence-electron chi connectivity index (χ3n) is 6.25. The van der Waals surface area contributed by atoms with Gasteiger partial charge in [-0.3, -0.25) is 19.8 Å². The second-order valence-corrected chi connectivity index (χ2v) is 8.37. The lowest BCUT2D eigenvalue weighted by Gasteiger charge is -2.35. The van der Waals surface area contributed by atoms with Crippen LogP contribution in [-0.4, -0.2) is 40.0 Å². The Kier molecular flexibility index (Phi) is 6.17. The first-order chi connectivity index (χ1) is 15.4. The van der Waals surface area contributed by atoms with Gasteiger partial charge in [-0.15, -0.1) is 0 Å². The maximum atomic E-state index is 13.2. The van der Waals surface area contributed by atoms with E-state index in [2.05, 4.69) is 9.88 Å². The molecule has 4 amide bonds. The Morgan fingerprint density at radius 3 is 2.41 bits per heavy atom. The maximum absolute atomic E-state index is 13.2. The van der Waals surface area contributed by atoms with Crippen molar-refractivity contribution in [1.82, 2.24) is 14.8 Å². The van der Waals surface area contributed by atoms with Crippen molar-refractivity contribution in [1.29, 1.82) is 0 Å². The first kappa shape index (κ1) is 21.9. The quantitative estimate of drug-likeness (QED) is 0.561. The summed E-state index contributed by atoms with van der Waals surface area (Å²) in [5, 5.41) is 2.36. The summed E-state index contributed by atoms with van der Waals surface area (Å²) in [7, 11) is 0. The fourth-order valence-electron chi connectivity index (χ4n) is 4.69. The van der Waals surface area contributed by atoms with Crippen LogP contribution >= 0.6 is 0 Å². The van der Waals surface area contributed by atoms with Gasteiger partial charge in [0.05, 0.1) is 6.61 Å². The predicted molar refractivity (Wildman–Crippen MR) is 122 cm³/mol. The highest BCUT2D eigenvalue weighted by Gasteiger charge is 2.40. The summed E-state index contributed by atoms with van der Waals surface area (Å²) < 4.78 is 7.59. The van der Waals surface area contributed by atoms with Crippen LogP contribution in [0.4, 0.5) is 4.79 Å². The van der Waals surface area contributed by atoms with Crippen LogP contribution in [-0.2, 0) is 9.59 Å². The average Bonchev–Trinajstić information content (AvgIpc) is 3.05. The number of nitrogens with one attached hydrogen (secondary N) is 1. The molecule has 1 saturated carbocycles. The molecule has 1 aromatic carbocycles. The molecule has 2 aromatic rings. The number of nitrogens with zero attached hydrogens (tertiary/aromatic N) is 2. The fraction of sp³-hybridized carbons (Fsp3) is 0.400. The van der Waals surface area contributed by atoms with E-state index in [-0.39, 0.29) is 11.6 Å². The molecule has 0 bridgehead atoms. The van der Waals surface area contributed by atoms with E-state index in [1.54, 1.807) is 6.08 Å². The minimum atomic E-state index is -0.641. The SMILES string of the molecule is CCOc1ccc(-n2c(C)cc(/C=C3/C(=O)NC(=O)N(C4CCCCC4)C3=O)c2C)cc1. The molecule has 7 nitrogen and oxygen atoms in total. The summed E-state index contributed by atoms with van der Waals surface area (Å²) in [6, 6.07) is 8.98. The number of imide groups is 2. The smallest absolute Gasteiger partial charge is 0.331 e. The Morgan fingerprint density at radius 1 is 1.06 bits per heavy atom. The van der Waals surface area contributed by atoms with Crippen LogP contribution in [0.1, 0.15) is 56.0 Å². The lowest BCUT2D eigenvalue weighted by Crippen LogP contribution is -2.58. The van der Waals surface area contributed by atoms with Crippen molar-refractivity contribution in [2.24, 2.45) is 0 Å². The minimum Gasteiger partial charge on any atom is -0.494 e. The maximum Gasteiger partial charge on any atom is 0.331 e. The molecule has 7 heteroatoms. The third kappa shape index (κ3) is 4.07. The van der Waals surface area contributed by atoms with Gasteiger partial charge in [0.25, 0.3) is 11.8 Å². The summed E-state index contributed by atoms with van der Waals surface area (Å²) in [5.41, 5.74) is 3.62. The predicted octanol–water partition coefficient (Wildman–Crippen LogP) is 4.29. The zero-order valence-electron chi connectivity index (χ0n) is 18.8. The van der Waals surface area contributed by atoms with E-state index in [1.165, 1.54) is 4.90 Å². The molecule has 1 aromatic heterocycles. The molecule has 32 heavy (non-hydrogen) atoms. The third-order valence-corrected chi connectivity index (χ3v) is 6.25. The number of amides is 4. The molecular formula is C25H29N3O4. The number of ether oxygens (including phenoxy) is 1. The number of benzene rings is 1. The number of hydrogen-bond acceptors (Lipinski definition) is 4. The van der Waals surface area contributed by atoms with Crippen molar-refractivity contribution in [2.75, 3.05) is 6.61 Å². The van der Waals surface area contributed by atoms with E-state index in [9.17, 15) is 14.4 Å². The summed E-state index contributed by atoms with van der Waals surface area (Å²) in [6.07, 6.45) is 6.25. The van der Waals surface area contributed by atoms with Gasteiger partial charge >= 0.3 is 6.03 Å². The molecule has 2 heterocycles. The number of aromatic nitrogens is 1. The first-order valence-corrected chi connectivity index (χ1v) is 11.2. The molecule has 2 aliphatic rings. The van der Waals surface area contributed by atoms with Crippen molar-refractivity contribution >= 4 is 23.9 Å². The summed E-state index contributed by atoms with van der Waals surface area (Å²) >= 11 is 0. The Bertz CT molecular complexity index is 1080. The zero-order valence-corrected chi connectivity index (χ0v) is 18.8. The van der Waals surface area contributed by atoms with Crippen LogP contribution < -0.4 is 10.1 Å². The normalized spacial score (nSPS) is 18.9. The number of aryl methyl sites for hydroxylation is 1. The second kappa shape index (κ2) is 9.02. The lowest BCUT2D eigenvalue weighted by molar-refractivity contribution is -0.132. The second-order valence-electron chi connectivity index (χ2n) is 8.37. The number of barbiturate groups is 1. The van der Waals surface area contributed by atoms with Gasteiger partial charge in [-0.1, -0.05) is 19.3 Å². The van der Waals surface area contributed by atoms with E-state index < -0.39 is 17.8 Å². The minimum absolute atomic E-state index is 0.00196. The summed E-state index contributed by atoms with van der Waals surface area (Å²) in [5.74, 6) is -0.340. The molecule has 0 unspecified atom stereocenters. The van der Waals surface area contributed by atoms with Gasteiger partial charge in [-0.25, -0.2) is 4.79 Å². The largest absolute Gasteiger partial charge is 0.494 e. The van der Waals surface area contributed by atoms with Gasteiger partial charge in [-0.05, 0) is 75.6 Å². The number of carbonyl (C=O) groups is 3. The molecular weight excluding hydrogens is 406 g/mol. The topological polar surface area (TPSA) is 80.6 Å². The highest BCUT2D eigenvalue weighted by atomic mass is 16.5. The fourth-order valence-corrected chi connectivity index (χ4v) is 4.69. The molecule has 0 spiro atoms. The highest BCUT2D eigenvalue weighted by Crippen LogP contribution is 2.28. The number of urea groups is 1. The van der Waals surface area contributed by atoms with Crippen molar-refractivity contribution in [3.05, 3.63) is 52.9 Å². The van der Waals surface area contributed by atoms with Crippen LogP contribution in [0.3, 0.4) is 0 Å². The van der Waals surface area contributed by atoms with Gasteiger partial charge < -0.3 is 9.30 Å². The lowest BCUT2D eigenvalue weighted by atomic mass is 9.93.